The number of carbonyl (C=O) groups is 1. The third-order valence-electron chi connectivity index (χ3n) is 3.66. The molecule has 26 heavy (non-hydrogen) atoms. The molecule has 1 fully saturated rings. The van der Waals surface area contributed by atoms with Crippen LogP contribution in [-0.2, 0) is 6.18 Å². The van der Waals surface area contributed by atoms with E-state index in [9.17, 15) is 22.8 Å². The van der Waals surface area contributed by atoms with E-state index in [-0.39, 0.29) is 22.7 Å². The summed E-state index contributed by atoms with van der Waals surface area (Å²) in [6, 6.07) is 7.31. The van der Waals surface area contributed by atoms with Gasteiger partial charge in [-0.25, -0.2) is 4.99 Å². The quantitative estimate of drug-likeness (QED) is 0.863. The molecule has 0 bridgehead atoms. The number of amides is 1. The van der Waals surface area contributed by atoms with Crippen LogP contribution in [0.4, 0.5) is 18.9 Å². The molecule has 1 aliphatic heterocycles. The van der Waals surface area contributed by atoms with Crippen molar-refractivity contribution in [2.75, 3.05) is 12.3 Å². The van der Waals surface area contributed by atoms with Crippen LogP contribution < -0.4 is 5.56 Å². The number of carbonyl (C=O) groups excluding carboxylic acids is 1. The van der Waals surface area contributed by atoms with Crippen LogP contribution in [0.15, 0.2) is 52.4 Å². The zero-order chi connectivity index (χ0) is 18.7. The maximum atomic E-state index is 12.9. The lowest BCUT2D eigenvalue weighted by molar-refractivity contribution is -0.137. The van der Waals surface area contributed by atoms with E-state index in [1.807, 2.05) is 0 Å². The van der Waals surface area contributed by atoms with Gasteiger partial charge in [-0.2, -0.15) is 13.2 Å². The maximum absolute atomic E-state index is 12.9. The number of hydrogen-bond acceptors (Lipinski definition) is 4. The molecule has 1 saturated heterocycles. The van der Waals surface area contributed by atoms with E-state index in [0.29, 0.717) is 17.5 Å². The van der Waals surface area contributed by atoms with Gasteiger partial charge in [-0.15, -0.1) is 0 Å². The fourth-order valence-electron chi connectivity index (χ4n) is 2.40. The molecule has 0 saturated carbocycles. The molecule has 0 spiro atoms. The molecule has 0 radical (unpaired) electrons. The minimum Gasteiger partial charge on any atom is -0.328 e. The van der Waals surface area contributed by atoms with Crippen molar-refractivity contribution in [3.8, 4) is 0 Å². The number of aliphatic imine (C=N–C) groups is 1. The highest BCUT2D eigenvalue weighted by molar-refractivity contribution is 8.13. The van der Waals surface area contributed by atoms with Gasteiger partial charge in [-0.1, -0.05) is 17.8 Å². The summed E-state index contributed by atoms with van der Waals surface area (Å²) in [5.41, 5.74) is -0.710. The second-order valence-corrected chi connectivity index (χ2v) is 6.60. The molecule has 3 rings (SSSR count). The molecule has 136 valence electrons. The van der Waals surface area contributed by atoms with Gasteiger partial charge in [0.25, 0.3) is 5.91 Å². The molecule has 0 unspecified atom stereocenters. The maximum Gasteiger partial charge on any atom is 0.416 e. The van der Waals surface area contributed by atoms with Gasteiger partial charge in [-0.05, 0) is 30.7 Å². The first kappa shape index (κ1) is 18.2. The first-order chi connectivity index (χ1) is 12.3. The number of halogens is 3. The van der Waals surface area contributed by atoms with Crippen LogP contribution in [0.5, 0.6) is 0 Å². The molecular formula is C17H14F3N3O2S. The first-order valence-electron chi connectivity index (χ1n) is 7.74. The van der Waals surface area contributed by atoms with Crippen molar-refractivity contribution < 1.29 is 18.0 Å². The number of alkyl halides is 3. The molecular weight excluding hydrogens is 367 g/mol. The lowest BCUT2D eigenvalue weighted by Crippen LogP contribution is -2.39. The first-order valence-corrected chi connectivity index (χ1v) is 8.72. The smallest absolute Gasteiger partial charge is 0.328 e. The number of nitrogens with zero attached hydrogens (tertiary/aromatic N) is 2. The summed E-state index contributed by atoms with van der Waals surface area (Å²) in [6.07, 6.45) is -2.41. The third kappa shape index (κ3) is 4.16. The SMILES string of the molecule is O=C(c1ccc(=O)[nH]c1)N1CCCSC1=Nc1cccc(C(F)(F)F)c1. The molecule has 9 heteroatoms. The number of thioether (sulfide) groups is 1. The Hall–Kier alpha value is -2.55. The van der Waals surface area contributed by atoms with Crippen LogP contribution in [0.2, 0.25) is 0 Å². The van der Waals surface area contributed by atoms with Crippen LogP contribution in [0.25, 0.3) is 0 Å². The Balaban J connectivity index is 1.91. The summed E-state index contributed by atoms with van der Waals surface area (Å²) in [6.45, 7) is 0.406. The zero-order valence-electron chi connectivity index (χ0n) is 13.4. The molecule has 1 N–H and O–H groups in total. The van der Waals surface area contributed by atoms with Crippen molar-refractivity contribution in [1.29, 1.82) is 0 Å². The van der Waals surface area contributed by atoms with E-state index in [1.54, 1.807) is 0 Å². The molecule has 2 aromatic rings. The predicted molar refractivity (Wildman–Crippen MR) is 93.7 cm³/mol. The highest BCUT2D eigenvalue weighted by Crippen LogP contribution is 2.32. The van der Waals surface area contributed by atoms with E-state index >= 15 is 0 Å². The standard InChI is InChI=1S/C17H14F3N3O2S/c18-17(19,20)12-3-1-4-13(9-12)22-16-23(7-2-8-26-16)15(25)11-5-6-14(24)21-10-11/h1,3-6,9-10H,2,7-8H2,(H,21,24). The second-order valence-electron chi connectivity index (χ2n) is 5.54. The number of rotatable bonds is 2. The lowest BCUT2D eigenvalue weighted by atomic mass is 10.2. The van der Waals surface area contributed by atoms with Crippen molar-refractivity contribution in [3.05, 3.63) is 64.1 Å². The Labute approximate surface area is 150 Å². The third-order valence-corrected chi connectivity index (χ3v) is 4.73. The monoisotopic (exact) mass is 381 g/mol. The molecule has 1 amide bonds. The van der Waals surface area contributed by atoms with Crippen LogP contribution >= 0.6 is 11.8 Å². The number of benzene rings is 1. The summed E-state index contributed by atoms with van der Waals surface area (Å²) in [5, 5.41) is 0.340. The van der Waals surface area contributed by atoms with Crippen LogP contribution in [0.1, 0.15) is 22.3 Å². The van der Waals surface area contributed by atoms with Crippen molar-refractivity contribution in [2.24, 2.45) is 4.99 Å². The lowest BCUT2D eigenvalue weighted by Gasteiger charge is -2.27. The Bertz CT molecular complexity index is 888. The average molecular weight is 381 g/mol. The van der Waals surface area contributed by atoms with Gasteiger partial charge in [0.15, 0.2) is 5.17 Å². The summed E-state index contributed by atoms with van der Waals surface area (Å²) >= 11 is 1.31. The molecule has 1 aliphatic rings. The van der Waals surface area contributed by atoms with E-state index in [4.69, 9.17) is 0 Å². The van der Waals surface area contributed by atoms with Crippen molar-refractivity contribution in [2.45, 2.75) is 12.6 Å². The van der Waals surface area contributed by atoms with Crippen LogP contribution in [-0.4, -0.2) is 33.3 Å². The van der Waals surface area contributed by atoms with Gasteiger partial charge in [-0.3, -0.25) is 14.5 Å². The molecule has 1 aromatic heterocycles. The Kier molecular flexibility index (Phi) is 5.17. The number of aromatic nitrogens is 1. The highest BCUT2D eigenvalue weighted by atomic mass is 32.2. The zero-order valence-corrected chi connectivity index (χ0v) is 14.2. The van der Waals surface area contributed by atoms with Gasteiger partial charge in [0.05, 0.1) is 16.8 Å². The van der Waals surface area contributed by atoms with Gasteiger partial charge >= 0.3 is 6.18 Å². The van der Waals surface area contributed by atoms with Crippen LogP contribution in [0, 0.1) is 0 Å². The van der Waals surface area contributed by atoms with Crippen LogP contribution in [0.3, 0.4) is 0 Å². The Morgan fingerprint density at radius 1 is 1.23 bits per heavy atom. The molecule has 0 atom stereocenters. The summed E-state index contributed by atoms with van der Waals surface area (Å²) in [7, 11) is 0. The number of aromatic amines is 1. The number of hydrogen-bond donors (Lipinski definition) is 1. The van der Waals surface area contributed by atoms with Gasteiger partial charge in [0.1, 0.15) is 0 Å². The molecule has 1 aromatic carbocycles. The van der Waals surface area contributed by atoms with E-state index in [0.717, 1.165) is 18.6 Å². The average Bonchev–Trinajstić information content (AvgIpc) is 2.62. The molecule has 2 heterocycles. The summed E-state index contributed by atoms with van der Waals surface area (Å²) < 4.78 is 38.6. The molecule has 5 nitrogen and oxygen atoms in total. The van der Waals surface area contributed by atoms with Crippen molar-refractivity contribution in [3.63, 3.8) is 0 Å². The fourth-order valence-corrected chi connectivity index (χ4v) is 3.36. The predicted octanol–water partition coefficient (Wildman–Crippen LogP) is 3.66. The number of H-pyrrole nitrogens is 1. The topological polar surface area (TPSA) is 65.5 Å². The second kappa shape index (κ2) is 7.36. The van der Waals surface area contributed by atoms with E-state index in [1.165, 1.54) is 47.1 Å². The van der Waals surface area contributed by atoms with Gasteiger partial charge in [0.2, 0.25) is 5.56 Å². The van der Waals surface area contributed by atoms with Gasteiger partial charge in [0, 0.05) is 24.6 Å². The Morgan fingerprint density at radius 3 is 2.73 bits per heavy atom. The normalized spacial score (nSPS) is 16.7. The minimum absolute atomic E-state index is 0.128. The molecule has 0 aliphatic carbocycles. The highest BCUT2D eigenvalue weighted by Gasteiger charge is 2.31. The van der Waals surface area contributed by atoms with Crippen molar-refractivity contribution >= 4 is 28.5 Å². The Morgan fingerprint density at radius 2 is 2.04 bits per heavy atom. The van der Waals surface area contributed by atoms with E-state index in [2.05, 4.69) is 9.98 Å². The van der Waals surface area contributed by atoms with Crippen molar-refractivity contribution in [1.82, 2.24) is 9.88 Å². The summed E-state index contributed by atoms with van der Waals surface area (Å²) in [4.78, 5) is 31.9. The van der Waals surface area contributed by atoms with E-state index < -0.39 is 11.7 Å². The number of nitrogens with one attached hydrogen (secondary N) is 1. The van der Waals surface area contributed by atoms with Gasteiger partial charge < -0.3 is 4.98 Å². The number of amidine groups is 1. The number of pyridine rings is 1. The fraction of sp³-hybridized carbons (Fsp3) is 0.235. The minimum atomic E-state index is -4.46. The largest absolute Gasteiger partial charge is 0.416 e. The summed E-state index contributed by atoms with van der Waals surface area (Å²) in [5.74, 6) is 0.354.